The van der Waals surface area contributed by atoms with Crippen molar-refractivity contribution in [3.05, 3.63) is 96.1 Å². The lowest BCUT2D eigenvalue weighted by molar-refractivity contribution is -0.119. The molecule has 0 spiro atoms. The number of aliphatic imine (C=N–C) groups is 1. The first-order valence-electron chi connectivity index (χ1n) is 16.6. The van der Waals surface area contributed by atoms with Crippen LogP contribution in [0.1, 0.15) is 44.7 Å². The van der Waals surface area contributed by atoms with Crippen LogP contribution in [0.4, 0.5) is 16.2 Å². The fraction of sp³-hybridized carbons (Fsp3) is 0.432. The van der Waals surface area contributed by atoms with Gasteiger partial charge in [-0.25, -0.2) is 13.2 Å². The van der Waals surface area contributed by atoms with E-state index < -0.39 is 33.5 Å². The van der Waals surface area contributed by atoms with Gasteiger partial charge in [-0.05, 0) is 81.3 Å². The number of anilines is 2. The van der Waals surface area contributed by atoms with E-state index in [-0.39, 0.29) is 29.2 Å². The van der Waals surface area contributed by atoms with Crippen LogP contribution in [0.5, 0.6) is 0 Å². The van der Waals surface area contributed by atoms with Crippen molar-refractivity contribution in [2.75, 3.05) is 34.4 Å². The average Bonchev–Trinajstić information content (AvgIpc) is 3.51. The summed E-state index contributed by atoms with van der Waals surface area (Å²) in [6.07, 6.45) is 2.89. The predicted molar refractivity (Wildman–Crippen MR) is 194 cm³/mol. The molecule has 3 fully saturated rings. The van der Waals surface area contributed by atoms with Gasteiger partial charge >= 0.3 is 6.09 Å². The molecule has 3 aromatic rings. The molecule has 3 saturated heterocycles. The highest BCUT2D eigenvalue weighted by Crippen LogP contribution is 2.41. The van der Waals surface area contributed by atoms with Crippen LogP contribution in [0.15, 0.2) is 89.9 Å². The fourth-order valence-corrected chi connectivity index (χ4v) is 10.6. The van der Waals surface area contributed by atoms with E-state index in [1.54, 1.807) is 20.8 Å². The van der Waals surface area contributed by atoms with Gasteiger partial charge in [0.05, 0.1) is 17.5 Å². The third kappa shape index (κ3) is 8.60. The minimum absolute atomic E-state index is 0.00183. The second-order valence-electron chi connectivity index (χ2n) is 13.9. The van der Waals surface area contributed by atoms with Crippen molar-refractivity contribution in [2.24, 2.45) is 10.9 Å². The number of hydrogen-bond donors (Lipinski definition) is 1. The molecule has 3 atom stereocenters. The molecule has 0 unspecified atom stereocenters. The predicted octanol–water partition coefficient (Wildman–Crippen LogP) is 5.88. The maximum atomic E-state index is 13.8. The number of carbonyl (C=O) groups excluding carboxylic acids is 2. The van der Waals surface area contributed by atoms with E-state index in [1.165, 1.54) is 17.3 Å². The van der Waals surface area contributed by atoms with Gasteiger partial charge < -0.3 is 19.9 Å². The van der Waals surface area contributed by atoms with Gasteiger partial charge in [-0.3, -0.25) is 4.79 Å². The number of thioether (sulfide) groups is 1. The highest BCUT2D eigenvalue weighted by atomic mass is 32.2. The molecule has 2 amide bonds. The van der Waals surface area contributed by atoms with Gasteiger partial charge in [0.25, 0.3) is 5.91 Å². The molecule has 6 rings (SSSR count). The normalized spacial score (nSPS) is 22.4. The monoisotopic (exact) mass is 688 g/mol. The van der Waals surface area contributed by atoms with Gasteiger partial charge in [0.15, 0.2) is 15.0 Å². The number of hydrogen-bond acceptors (Lipinski definition) is 7. The molecule has 3 heterocycles. The van der Waals surface area contributed by atoms with Crippen molar-refractivity contribution in [1.82, 2.24) is 5.32 Å². The summed E-state index contributed by atoms with van der Waals surface area (Å²) >= 11 is 1.32. The van der Waals surface area contributed by atoms with Gasteiger partial charge in [0, 0.05) is 36.1 Å². The smallest absolute Gasteiger partial charge is 0.408 e. The molecule has 0 saturated carbocycles. The lowest BCUT2D eigenvalue weighted by Gasteiger charge is -2.34. The molecule has 3 aromatic carbocycles. The van der Waals surface area contributed by atoms with Crippen molar-refractivity contribution >= 4 is 50.1 Å². The van der Waals surface area contributed by atoms with Crippen molar-refractivity contribution in [3.63, 3.8) is 0 Å². The largest absolute Gasteiger partial charge is 0.444 e. The van der Waals surface area contributed by atoms with Crippen LogP contribution < -0.4 is 15.1 Å². The Hall–Kier alpha value is -3.83. The molecule has 48 heavy (non-hydrogen) atoms. The van der Waals surface area contributed by atoms with E-state index in [2.05, 4.69) is 57.7 Å². The number of piperidine rings is 1. The molecule has 1 N–H and O–H groups in total. The zero-order valence-corrected chi connectivity index (χ0v) is 29.4. The first kappa shape index (κ1) is 34.0. The first-order valence-corrected chi connectivity index (χ1v) is 19.3. The van der Waals surface area contributed by atoms with Crippen LogP contribution in [0.25, 0.3) is 0 Å². The van der Waals surface area contributed by atoms with Crippen molar-refractivity contribution in [2.45, 2.75) is 69.4 Å². The topological polar surface area (TPSA) is 108 Å². The quantitative estimate of drug-likeness (QED) is 0.313. The minimum Gasteiger partial charge on any atom is -0.444 e. The van der Waals surface area contributed by atoms with Gasteiger partial charge in [-0.15, -0.1) is 0 Å². The highest BCUT2D eigenvalue weighted by Gasteiger charge is 2.49. The lowest BCUT2D eigenvalue weighted by atomic mass is 9.90. The van der Waals surface area contributed by atoms with Crippen LogP contribution in [-0.2, 0) is 32.2 Å². The summed E-state index contributed by atoms with van der Waals surface area (Å²) in [6.45, 7) is 7.25. The number of alkyl carbamates (subject to hydrolysis) is 1. The van der Waals surface area contributed by atoms with Gasteiger partial charge in [0.2, 0.25) is 0 Å². The standard InChI is InChI=1S/C37H44N4O5S2/c1-37(2,3)46-36(43)38-31(23-27-12-8-5-9-13-27)34(42)39-35-41(32-24-48(44,45)25-33(32)47-35)30-16-14-29(15-17-30)40-20-18-28(19-21-40)22-26-10-6-4-7-11-26/h4-17,28,31-33H,18-25H2,1-3H3,(H,38,43)/t31-,32+,33+/m1/s1. The SMILES string of the molecule is CC(C)(C)OC(=O)N[C@H](Cc1ccccc1)C(=O)N=C1S[C@H]2CS(=O)(=O)C[C@@H]2N1c1ccc(N2CCC(Cc3ccccc3)CC2)cc1. The maximum absolute atomic E-state index is 13.8. The van der Waals surface area contributed by atoms with Gasteiger partial charge in [-0.1, -0.05) is 72.4 Å². The number of nitrogens with one attached hydrogen (secondary N) is 1. The molecule has 3 aliphatic rings. The minimum atomic E-state index is -3.23. The summed E-state index contributed by atoms with van der Waals surface area (Å²) < 4.78 is 30.8. The molecular weight excluding hydrogens is 645 g/mol. The highest BCUT2D eigenvalue weighted by molar-refractivity contribution is 8.16. The number of ether oxygens (including phenoxy) is 1. The lowest BCUT2D eigenvalue weighted by Crippen LogP contribution is -2.45. The van der Waals surface area contributed by atoms with Crippen LogP contribution in [0, 0.1) is 5.92 Å². The summed E-state index contributed by atoms with van der Waals surface area (Å²) in [5, 5.41) is 2.94. The fourth-order valence-electron chi connectivity index (χ4n) is 6.71. The summed E-state index contributed by atoms with van der Waals surface area (Å²) in [5.41, 5.74) is 3.44. The first-order chi connectivity index (χ1) is 22.9. The zero-order valence-electron chi connectivity index (χ0n) is 27.7. The number of benzene rings is 3. The van der Waals surface area contributed by atoms with Crippen LogP contribution in [0.3, 0.4) is 0 Å². The van der Waals surface area contributed by atoms with Crippen molar-refractivity contribution in [3.8, 4) is 0 Å². The second-order valence-corrected chi connectivity index (χ2v) is 17.3. The van der Waals surface area contributed by atoms with Crippen molar-refractivity contribution < 1.29 is 22.7 Å². The maximum Gasteiger partial charge on any atom is 0.408 e. The van der Waals surface area contributed by atoms with Crippen LogP contribution in [0.2, 0.25) is 0 Å². The Morgan fingerprint density at radius 2 is 1.50 bits per heavy atom. The van der Waals surface area contributed by atoms with E-state index in [0.717, 1.165) is 49.3 Å². The summed E-state index contributed by atoms with van der Waals surface area (Å²) in [4.78, 5) is 35.4. The Balaban J connectivity index is 1.20. The van der Waals surface area contributed by atoms with Gasteiger partial charge in [-0.2, -0.15) is 4.99 Å². The molecule has 11 heteroatoms. The number of amidine groups is 1. The number of nitrogens with zero attached hydrogens (tertiary/aromatic N) is 3. The molecule has 0 aliphatic carbocycles. The molecule has 9 nitrogen and oxygen atoms in total. The number of amides is 2. The van der Waals surface area contributed by atoms with Crippen LogP contribution in [-0.4, -0.2) is 73.1 Å². The number of sulfone groups is 1. The van der Waals surface area contributed by atoms with E-state index >= 15 is 0 Å². The number of rotatable bonds is 8. The Kier molecular flexibility index (Phi) is 10.2. The molecule has 3 aliphatic heterocycles. The second kappa shape index (κ2) is 14.3. The summed E-state index contributed by atoms with van der Waals surface area (Å²) in [5.74, 6) is 0.178. The van der Waals surface area contributed by atoms with Crippen LogP contribution >= 0.6 is 11.8 Å². The Labute approximate surface area is 288 Å². The zero-order chi connectivity index (χ0) is 33.9. The molecule has 254 valence electrons. The summed E-state index contributed by atoms with van der Waals surface area (Å²) in [7, 11) is -3.23. The summed E-state index contributed by atoms with van der Waals surface area (Å²) in [6, 6.07) is 27.0. The van der Waals surface area contributed by atoms with E-state index in [9.17, 15) is 18.0 Å². The molecule has 0 radical (unpaired) electrons. The Morgan fingerprint density at radius 3 is 2.12 bits per heavy atom. The molecular formula is C37H44N4O5S2. The third-order valence-electron chi connectivity index (χ3n) is 9.02. The van der Waals surface area contributed by atoms with E-state index in [0.29, 0.717) is 11.1 Å². The van der Waals surface area contributed by atoms with Crippen molar-refractivity contribution in [1.29, 1.82) is 0 Å². The Morgan fingerprint density at radius 1 is 0.896 bits per heavy atom. The van der Waals surface area contributed by atoms with E-state index in [4.69, 9.17) is 4.74 Å². The third-order valence-corrected chi connectivity index (χ3v) is 12.2. The Bertz CT molecular complexity index is 1720. The number of fused-ring (bicyclic) bond motifs is 1. The van der Waals surface area contributed by atoms with Gasteiger partial charge in [0.1, 0.15) is 11.6 Å². The molecule has 0 aromatic heterocycles. The molecule has 0 bridgehead atoms. The number of carbonyl (C=O) groups is 2. The average molecular weight is 689 g/mol. The van der Waals surface area contributed by atoms with E-state index in [1.807, 2.05) is 47.4 Å².